The Morgan fingerprint density at radius 1 is 1.45 bits per heavy atom. The quantitative estimate of drug-likeness (QED) is 0.521. The molecule has 0 aromatic heterocycles. The van der Waals surface area contributed by atoms with E-state index in [1.54, 1.807) is 0 Å². The molecule has 1 nitrogen and oxygen atoms in total. The molecule has 11 heavy (non-hydrogen) atoms. The minimum Gasteiger partial charge on any atom is -0.299 e. The molecule has 1 heteroatoms. The molecule has 0 saturated heterocycles. The fraction of sp³-hybridized carbons (Fsp3) is 0.900. The van der Waals surface area contributed by atoms with Gasteiger partial charge in [-0.25, -0.2) is 0 Å². The molecule has 2 fully saturated rings. The lowest BCUT2D eigenvalue weighted by atomic mass is 9.51. The summed E-state index contributed by atoms with van der Waals surface area (Å²) in [5.74, 6) is 1.72. The van der Waals surface area contributed by atoms with Crippen LogP contribution in [0.3, 0.4) is 0 Å². The third-order valence-corrected chi connectivity index (χ3v) is 3.45. The third-order valence-electron chi connectivity index (χ3n) is 3.45. The highest BCUT2D eigenvalue weighted by molar-refractivity contribution is 5.83. The van der Waals surface area contributed by atoms with Crippen LogP contribution in [0.1, 0.15) is 39.5 Å². The number of hydrogen-bond donors (Lipinski definition) is 0. The lowest BCUT2D eigenvalue weighted by Crippen LogP contribution is -2.50. The van der Waals surface area contributed by atoms with Crippen molar-refractivity contribution in [3.8, 4) is 0 Å². The minimum absolute atomic E-state index is 0.335. The number of fused-ring (bicyclic) bond motifs is 1. The van der Waals surface area contributed by atoms with E-state index in [-0.39, 0.29) is 0 Å². The zero-order chi connectivity index (χ0) is 8.06. The van der Waals surface area contributed by atoms with E-state index in [4.69, 9.17) is 0 Å². The Hall–Kier alpha value is -0.330. The summed E-state index contributed by atoms with van der Waals surface area (Å²) < 4.78 is 0. The molecule has 0 bridgehead atoms. The lowest BCUT2D eigenvalue weighted by molar-refractivity contribution is -0.143. The second-order valence-electron chi connectivity index (χ2n) is 4.79. The summed E-state index contributed by atoms with van der Waals surface area (Å²) in [5, 5.41) is 0. The molecule has 0 unspecified atom stereocenters. The average Bonchev–Trinajstić information content (AvgIpc) is 1.84. The van der Waals surface area contributed by atoms with Crippen LogP contribution in [0.15, 0.2) is 0 Å². The molecule has 0 N–H and O–H groups in total. The fourth-order valence-corrected chi connectivity index (χ4v) is 3.06. The van der Waals surface area contributed by atoms with Gasteiger partial charge in [-0.15, -0.1) is 0 Å². The van der Waals surface area contributed by atoms with Crippen molar-refractivity contribution in [3.63, 3.8) is 0 Å². The summed E-state index contributed by atoms with van der Waals surface area (Å²) in [7, 11) is 0. The number of carbonyl (C=O) groups excluding carboxylic acids is 1. The van der Waals surface area contributed by atoms with E-state index < -0.39 is 0 Å². The zero-order valence-electron chi connectivity index (χ0n) is 7.39. The van der Waals surface area contributed by atoms with Gasteiger partial charge in [-0.05, 0) is 30.6 Å². The molecule has 2 aliphatic rings. The zero-order valence-corrected chi connectivity index (χ0v) is 7.39. The maximum absolute atomic E-state index is 11.5. The minimum atomic E-state index is 0.335. The molecule has 2 aliphatic carbocycles. The molecular formula is C10H16O. The third kappa shape index (κ3) is 0.935. The van der Waals surface area contributed by atoms with Gasteiger partial charge in [-0.1, -0.05) is 13.8 Å². The van der Waals surface area contributed by atoms with Crippen molar-refractivity contribution in [2.75, 3.05) is 0 Å². The molecule has 2 rings (SSSR count). The Balaban J connectivity index is 2.15. The molecule has 0 radical (unpaired) electrons. The number of ketones is 1. The highest BCUT2D eigenvalue weighted by Crippen LogP contribution is 2.55. The first-order chi connectivity index (χ1) is 5.11. The summed E-state index contributed by atoms with van der Waals surface area (Å²) in [6, 6.07) is 0. The first-order valence-electron chi connectivity index (χ1n) is 4.64. The number of rotatable bonds is 0. The summed E-state index contributed by atoms with van der Waals surface area (Å²) in [5.41, 5.74) is 0.335. The molecule has 62 valence electrons. The second kappa shape index (κ2) is 2.09. The molecule has 2 atom stereocenters. The van der Waals surface area contributed by atoms with E-state index in [1.807, 2.05) is 0 Å². The van der Waals surface area contributed by atoms with Gasteiger partial charge in [0.15, 0.2) is 0 Å². The van der Waals surface area contributed by atoms with Gasteiger partial charge >= 0.3 is 0 Å². The summed E-state index contributed by atoms with van der Waals surface area (Å²) in [6.45, 7) is 4.47. The van der Waals surface area contributed by atoms with Crippen LogP contribution in [0.5, 0.6) is 0 Å². The van der Waals surface area contributed by atoms with E-state index in [2.05, 4.69) is 13.8 Å². The van der Waals surface area contributed by atoms with E-state index >= 15 is 0 Å². The normalized spacial score (nSPS) is 41.1. The number of carbonyl (C=O) groups is 1. The van der Waals surface area contributed by atoms with Crippen molar-refractivity contribution in [3.05, 3.63) is 0 Å². The van der Waals surface area contributed by atoms with Gasteiger partial charge in [0.1, 0.15) is 5.78 Å². The molecule has 0 heterocycles. The van der Waals surface area contributed by atoms with Gasteiger partial charge in [0.25, 0.3) is 0 Å². The maximum atomic E-state index is 11.5. The molecular weight excluding hydrogens is 136 g/mol. The van der Waals surface area contributed by atoms with Crippen molar-refractivity contribution < 1.29 is 4.79 Å². The molecule has 0 aromatic rings. The van der Waals surface area contributed by atoms with Crippen LogP contribution in [0.2, 0.25) is 0 Å². The van der Waals surface area contributed by atoms with Crippen LogP contribution in [0.4, 0.5) is 0 Å². The average molecular weight is 152 g/mol. The van der Waals surface area contributed by atoms with Crippen molar-refractivity contribution in [2.24, 2.45) is 17.3 Å². The van der Waals surface area contributed by atoms with Crippen molar-refractivity contribution in [2.45, 2.75) is 39.5 Å². The Kier molecular flexibility index (Phi) is 1.39. The fourth-order valence-electron chi connectivity index (χ4n) is 3.06. The van der Waals surface area contributed by atoms with E-state index in [9.17, 15) is 4.79 Å². The highest BCUT2D eigenvalue weighted by atomic mass is 16.1. The molecule has 0 spiro atoms. The standard InChI is InChI=1S/C10H16O/c1-10(2)6-7-4-3-5-8(11)9(7)10/h7,9H,3-6H2,1-2H3/t7-,9+/m1/s1. The number of Topliss-reactive ketones (excluding diaryl/α,β-unsaturated/α-hetero) is 1. The first kappa shape index (κ1) is 7.33. The van der Waals surface area contributed by atoms with E-state index in [0.717, 1.165) is 18.8 Å². The predicted octanol–water partition coefficient (Wildman–Crippen LogP) is 2.40. The molecule has 0 amide bonds. The predicted molar refractivity (Wildman–Crippen MR) is 44.2 cm³/mol. The van der Waals surface area contributed by atoms with Gasteiger partial charge in [-0.3, -0.25) is 4.79 Å². The van der Waals surface area contributed by atoms with Gasteiger partial charge in [-0.2, -0.15) is 0 Å². The molecule has 0 aliphatic heterocycles. The van der Waals surface area contributed by atoms with Crippen LogP contribution in [-0.2, 0) is 4.79 Å². The highest BCUT2D eigenvalue weighted by Gasteiger charge is 2.51. The first-order valence-corrected chi connectivity index (χ1v) is 4.64. The van der Waals surface area contributed by atoms with Gasteiger partial charge < -0.3 is 0 Å². The van der Waals surface area contributed by atoms with Crippen molar-refractivity contribution >= 4 is 5.78 Å². The largest absolute Gasteiger partial charge is 0.299 e. The van der Waals surface area contributed by atoms with Gasteiger partial charge in [0.05, 0.1) is 0 Å². The topological polar surface area (TPSA) is 17.1 Å². The smallest absolute Gasteiger partial charge is 0.136 e. The van der Waals surface area contributed by atoms with Crippen LogP contribution in [0, 0.1) is 17.3 Å². The molecule has 0 aromatic carbocycles. The number of hydrogen-bond acceptors (Lipinski definition) is 1. The van der Waals surface area contributed by atoms with Crippen molar-refractivity contribution in [1.82, 2.24) is 0 Å². The Labute approximate surface area is 68.2 Å². The Morgan fingerprint density at radius 3 is 2.64 bits per heavy atom. The van der Waals surface area contributed by atoms with Gasteiger partial charge in [0.2, 0.25) is 0 Å². The Morgan fingerprint density at radius 2 is 2.18 bits per heavy atom. The SMILES string of the molecule is CC1(C)C[C@H]2CCCC(=O)[C@H]21. The Bertz CT molecular complexity index is 193. The van der Waals surface area contributed by atoms with Crippen LogP contribution in [-0.4, -0.2) is 5.78 Å². The maximum Gasteiger partial charge on any atom is 0.136 e. The summed E-state index contributed by atoms with van der Waals surface area (Å²) in [6.07, 6.45) is 4.59. The van der Waals surface area contributed by atoms with Gasteiger partial charge in [0, 0.05) is 12.3 Å². The monoisotopic (exact) mass is 152 g/mol. The van der Waals surface area contributed by atoms with E-state index in [0.29, 0.717) is 17.1 Å². The summed E-state index contributed by atoms with van der Waals surface area (Å²) in [4.78, 5) is 11.5. The summed E-state index contributed by atoms with van der Waals surface area (Å²) >= 11 is 0. The second-order valence-corrected chi connectivity index (χ2v) is 4.79. The molecule has 2 saturated carbocycles. The van der Waals surface area contributed by atoms with Crippen LogP contribution >= 0.6 is 0 Å². The van der Waals surface area contributed by atoms with Crippen LogP contribution in [0.25, 0.3) is 0 Å². The van der Waals surface area contributed by atoms with Crippen LogP contribution < -0.4 is 0 Å². The lowest BCUT2D eigenvalue weighted by Gasteiger charge is -2.53. The van der Waals surface area contributed by atoms with Crippen molar-refractivity contribution in [1.29, 1.82) is 0 Å². The van der Waals surface area contributed by atoms with E-state index in [1.165, 1.54) is 12.8 Å².